The maximum Gasteiger partial charge on any atom is 0.416 e. The van der Waals surface area contributed by atoms with Crippen molar-refractivity contribution >= 4 is 35.0 Å². The summed E-state index contributed by atoms with van der Waals surface area (Å²) in [4.78, 5) is 12.2. The Balaban J connectivity index is 1.60. The van der Waals surface area contributed by atoms with E-state index in [4.69, 9.17) is 16.3 Å². The Morgan fingerprint density at radius 1 is 1.19 bits per heavy atom. The molecule has 164 valence electrons. The maximum absolute atomic E-state index is 12.8. The molecule has 6 nitrogen and oxygen atoms in total. The van der Waals surface area contributed by atoms with E-state index in [1.54, 1.807) is 28.8 Å². The lowest BCUT2D eigenvalue weighted by Gasteiger charge is -2.11. The molecule has 0 saturated heterocycles. The first-order valence-electron chi connectivity index (χ1n) is 9.16. The van der Waals surface area contributed by atoms with Gasteiger partial charge in [0.25, 0.3) is 0 Å². The van der Waals surface area contributed by atoms with Crippen molar-refractivity contribution in [3.63, 3.8) is 0 Å². The smallest absolute Gasteiger partial charge is 0.416 e. The second-order valence-corrected chi connectivity index (χ2v) is 7.68. The molecule has 0 saturated carbocycles. The van der Waals surface area contributed by atoms with E-state index in [-0.39, 0.29) is 24.0 Å². The summed E-state index contributed by atoms with van der Waals surface area (Å²) < 4.78 is 45.7. The number of ether oxygens (including phenoxy) is 1. The third-order valence-corrected chi connectivity index (χ3v) is 5.28. The van der Waals surface area contributed by atoms with Gasteiger partial charge in [0.2, 0.25) is 5.91 Å². The number of hydrogen-bond acceptors (Lipinski definition) is 5. The van der Waals surface area contributed by atoms with Gasteiger partial charge in [0.15, 0.2) is 11.0 Å². The highest BCUT2D eigenvalue weighted by Gasteiger charge is 2.30. The molecular weight excluding hydrogens is 453 g/mol. The van der Waals surface area contributed by atoms with Gasteiger partial charge in [0.05, 0.1) is 11.3 Å². The summed E-state index contributed by atoms with van der Waals surface area (Å²) in [5.74, 6) is 0.381. The first-order chi connectivity index (χ1) is 14.8. The summed E-state index contributed by atoms with van der Waals surface area (Å²) in [5.41, 5.74) is -0.200. The molecule has 11 heteroatoms. The van der Waals surface area contributed by atoms with Crippen molar-refractivity contribution < 1.29 is 22.7 Å². The van der Waals surface area contributed by atoms with Crippen LogP contribution >= 0.6 is 23.4 Å². The molecule has 0 radical (unpaired) electrons. The van der Waals surface area contributed by atoms with Crippen molar-refractivity contribution in [2.75, 3.05) is 11.1 Å². The number of rotatable bonds is 8. The van der Waals surface area contributed by atoms with Crippen LogP contribution in [0.4, 0.5) is 18.9 Å². The SMILES string of the molecule is CCn1c(COc2cccc(C(F)(F)F)c2)nnc1SCC(=O)Nc1cccc(Cl)c1. The number of amides is 1. The number of nitrogens with one attached hydrogen (secondary N) is 1. The lowest BCUT2D eigenvalue weighted by Crippen LogP contribution is -2.15. The molecule has 31 heavy (non-hydrogen) atoms. The van der Waals surface area contributed by atoms with Gasteiger partial charge in [-0.2, -0.15) is 13.2 Å². The Hall–Kier alpha value is -2.72. The van der Waals surface area contributed by atoms with Gasteiger partial charge in [0, 0.05) is 17.3 Å². The monoisotopic (exact) mass is 470 g/mol. The van der Waals surface area contributed by atoms with Gasteiger partial charge in [-0.25, -0.2) is 0 Å². The molecular formula is C20H18ClF3N4O2S. The van der Waals surface area contributed by atoms with Gasteiger partial charge < -0.3 is 14.6 Å². The van der Waals surface area contributed by atoms with Crippen LogP contribution in [0.5, 0.6) is 5.75 Å². The number of alkyl halides is 3. The number of nitrogens with zero attached hydrogens (tertiary/aromatic N) is 3. The number of halogens is 4. The molecule has 1 heterocycles. The minimum absolute atomic E-state index is 0.0581. The molecule has 3 aromatic rings. The minimum Gasteiger partial charge on any atom is -0.486 e. The average molecular weight is 471 g/mol. The highest BCUT2D eigenvalue weighted by atomic mass is 35.5. The molecule has 1 aromatic heterocycles. The normalized spacial score (nSPS) is 11.4. The largest absolute Gasteiger partial charge is 0.486 e. The molecule has 1 amide bonds. The molecule has 0 bridgehead atoms. The minimum atomic E-state index is -4.45. The van der Waals surface area contributed by atoms with Gasteiger partial charge in [-0.15, -0.1) is 10.2 Å². The highest BCUT2D eigenvalue weighted by molar-refractivity contribution is 7.99. The molecule has 0 fully saturated rings. The average Bonchev–Trinajstić information content (AvgIpc) is 3.12. The van der Waals surface area contributed by atoms with Gasteiger partial charge in [0.1, 0.15) is 12.4 Å². The number of hydrogen-bond donors (Lipinski definition) is 1. The molecule has 2 aromatic carbocycles. The molecule has 0 aliphatic rings. The van der Waals surface area contributed by atoms with Crippen molar-refractivity contribution in [1.29, 1.82) is 0 Å². The number of carbonyl (C=O) groups excluding carboxylic acids is 1. The van der Waals surface area contributed by atoms with E-state index >= 15 is 0 Å². The third kappa shape index (κ3) is 6.38. The van der Waals surface area contributed by atoms with E-state index in [0.717, 1.165) is 12.1 Å². The van der Waals surface area contributed by atoms with Crippen LogP contribution in [0.1, 0.15) is 18.3 Å². The first kappa shape index (κ1) is 23.0. The van der Waals surface area contributed by atoms with Crippen LogP contribution < -0.4 is 10.1 Å². The first-order valence-corrected chi connectivity index (χ1v) is 10.5. The summed E-state index contributed by atoms with van der Waals surface area (Å²) in [6, 6.07) is 11.4. The summed E-state index contributed by atoms with van der Waals surface area (Å²) >= 11 is 7.09. The van der Waals surface area contributed by atoms with Crippen molar-refractivity contribution in [3.8, 4) is 5.75 Å². The second kappa shape index (κ2) is 10.1. The Bertz CT molecular complexity index is 1060. The lowest BCUT2D eigenvalue weighted by molar-refractivity contribution is -0.137. The van der Waals surface area contributed by atoms with Gasteiger partial charge in [-0.1, -0.05) is 35.5 Å². The molecule has 1 N–H and O–H groups in total. The topological polar surface area (TPSA) is 69.0 Å². The number of aromatic nitrogens is 3. The maximum atomic E-state index is 12.8. The van der Waals surface area contributed by atoms with E-state index in [2.05, 4.69) is 15.5 Å². The molecule has 0 unspecified atom stereocenters. The van der Waals surface area contributed by atoms with E-state index < -0.39 is 11.7 Å². The van der Waals surface area contributed by atoms with E-state index in [1.807, 2.05) is 6.92 Å². The predicted octanol–water partition coefficient (Wildman–Crippen LogP) is 5.28. The number of carbonyl (C=O) groups is 1. The Morgan fingerprint density at radius 3 is 2.68 bits per heavy atom. The molecule has 0 aliphatic heterocycles. The van der Waals surface area contributed by atoms with Crippen molar-refractivity contribution in [2.24, 2.45) is 0 Å². The van der Waals surface area contributed by atoms with Gasteiger partial charge in [-0.05, 0) is 43.3 Å². The zero-order valence-corrected chi connectivity index (χ0v) is 17.9. The van der Waals surface area contributed by atoms with Gasteiger partial charge in [-0.3, -0.25) is 4.79 Å². The lowest BCUT2D eigenvalue weighted by atomic mass is 10.2. The van der Waals surface area contributed by atoms with E-state index in [1.165, 1.54) is 23.9 Å². The van der Waals surface area contributed by atoms with E-state index in [9.17, 15) is 18.0 Å². The molecule has 0 spiro atoms. The molecule has 0 atom stereocenters. The summed E-state index contributed by atoms with van der Waals surface area (Å²) in [6.07, 6.45) is -4.45. The Morgan fingerprint density at radius 2 is 1.97 bits per heavy atom. The van der Waals surface area contributed by atoms with E-state index in [0.29, 0.717) is 28.2 Å². The highest BCUT2D eigenvalue weighted by Crippen LogP contribution is 2.31. The molecule has 0 aliphatic carbocycles. The van der Waals surface area contributed by atoms with Crippen LogP contribution in [0, 0.1) is 0 Å². The summed E-state index contributed by atoms with van der Waals surface area (Å²) in [7, 11) is 0. The predicted molar refractivity (Wildman–Crippen MR) is 112 cm³/mol. The molecule has 3 rings (SSSR count). The van der Waals surface area contributed by atoms with Crippen LogP contribution in [-0.4, -0.2) is 26.4 Å². The number of benzene rings is 2. The fourth-order valence-corrected chi connectivity index (χ4v) is 3.67. The van der Waals surface area contributed by atoms with Crippen molar-refractivity contribution in [2.45, 2.75) is 31.4 Å². The Kier molecular flexibility index (Phi) is 7.45. The van der Waals surface area contributed by atoms with Crippen LogP contribution in [0.15, 0.2) is 53.7 Å². The third-order valence-electron chi connectivity index (χ3n) is 4.08. The fourth-order valence-electron chi connectivity index (χ4n) is 2.65. The van der Waals surface area contributed by atoms with Crippen LogP contribution in [-0.2, 0) is 24.1 Å². The fraction of sp³-hybridized carbons (Fsp3) is 0.250. The van der Waals surface area contributed by atoms with Crippen molar-refractivity contribution in [1.82, 2.24) is 14.8 Å². The summed E-state index contributed by atoms with van der Waals surface area (Å²) in [5, 5.41) is 11.9. The van der Waals surface area contributed by atoms with Crippen LogP contribution in [0.25, 0.3) is 0 Å². The number of thioether (sulfide) groups is 1. The standard InChI is InChI=1S/C20H18ClF3N4O2S/c1-2-28-17(11-30-16-8-3-5-13(9-16)20(22,23)24)26-27-19(28)31-12-18(29)25-15-7-4-6-14(21)10-15/h3-10H,2,11-12H2,1H3,(H,25,29). The second-order valence-electron chi connectivity index (χ2n) is 6.30. The number of anilines is 1. The zero-order valence-electron chi connectivity index (χ0n) is 16.3. The van der Waals surface area contributed by atoms with Gasteiger partial charge >= 0.3 is 6.18 Å². The van der Waals surface area contributed by atoms with Crippen LogP contribution in [0.3, 0.4) is 0 Å². The quantitative estimate of drug-likeness (QED) is 0.454. The van der Waals surface area contributed by atoms with Crippen LogP contribution in [0.2, 0.25) is 5.02 Å². The Labute approximate surface area is 185 Å². The zero-order chi connectivity index (χ0) is 22.4. The summed E-state index contributed by atoms with van der Waals surface area (Å²) in [6.45, 7) is 2.32. The van der Waals surface area contributed by atoms with Crippen molar-refractivity contribution in [3.05, 3.63) is 64.9 Å².